The van der Waals surface area contributed by atoms with E-state index in [-0.39, 0.29) is 12.5 Å². The number of carbonyl (C=O) groups excluding carboxylic acids is 1. The van der Waals surface area contributed by atoms with Crippen molar-refractivity contribution in [3.8, 4) is 11.3 Å². The summed E-state index contributed by atoms with van der Waals surface area (Å²) in [5.74, 6) is 0.287. The predicted molar refractivity (Wildman–Crippen MR) is 96.5 cm³/mol. The third-order valence-corrected chi connectivity index (χ3v) is 4.04. The molecule has 0 aliphatic carbocycles. The van der Waals surface area contributed by atoms with Gasteiger partial charge in [0, 0.05) is 29.7 Å². The number of anilines is 1. The summed E-state index contributed by atoms with van der Waals surface area (Å²) < 4.78 is 1.76. The Kier molecular flexibility index (Phi) is 4.12. The van der Waals surface area contributed by atoms with Crippen LogP contribution in [-0.2, 0) is 6.61 Å². The fraction of sp³-hybridized carbons (Fsp3) is 0.0526. The van der Waals surface area contributed by atoms with Crippen molar-refractivity contribution in [1.82, 2.24) is 19.4 Å². The van der Waals surface area contributed by atoms with Crippen molar-refractivity contribution in [2.45, 2.75) is 6.61 Å². The molecular formula is C19H15N5O2. The highest BCUT2D eigenvalue weighted by Crippen LogP contribution is 2.23. The van der Waals surface area contributed by atoms with E-state index < -0.39 is 0 Å². The number of carbonyl (C=O) groups is 1. The maximum atomic E-state index is 12.4. The number of amides is 1. The van der Waals surface area contributed by atoms with Gasteiger partial charge in [-0.15, -0.1) is 0 Å². The van der Waals surface area contributed by atoms with Crippen LogP contribution < -0.4 is 5.32 Å². The summed E-state index contributed by atoms with van der Waals surface area (Å²) in [5.41, 5.74) is 3.41. The molecule has 3 heterocycles. The zero-order chi connectivity index (χ0) is 17.9. The van der Waals surface area contributed by atoms with Crippen molar-refractivity contribution in [3.63, 3.8) is 0 Å². The number of aliphatic hydroxyl groups excluding tert-OH is 1. The minimum atomic E-state index is -0.247. The van der Waals surface area contributed by atoms with Crippen LogP contribution in [-0.4, -0.2) is 30.4 Å². The molecule has 1 aromatic carbocycles. The van der Waals surface area contributed by atoms with Crippen molar-refractivity contribution in [2.75, 3.05) is 5.32 Å². The first-order chi connectivity index (χ1) is 12.8. The van der Waals surface area contributed by atoms with Crippen LogP contribution in [0.1, 0.15) is 15.9 Å². The van der Waals surface area contributed by atoms with E-state index in [2.05, 4.69) is 20.3 Å². The second-order valence-electron chi connectivity index (χ2n) is 5.65. The van der Waals surface area contributed by atoms with Gasteiger partial charge in [-0.25, -0.2) is 4.98 Å². The summed E-state index contributed by atoms with van der Waals surface area (Å²) in [6.45, 7) is -0.0779. The predicted octanol–water partition coefficient (Wildman–Crippen LogP) is 2.54. The Morgan fingerprint density at radius 2 is 1.88 bits per heavy atom. The smallest absolute Gasteiger partial charge is 0.256 e. The lowest BCUT2D eigenvalue weighted by Gasteiger charge is -2.09. The van der Waals surface area contributed by atoms with E-state index in [1.165, 1.54) is 0 Å². The number of fused-ring (bicyclic) bond motifs is 1. The second-order valence-corrected chi connectivity index (χ2v) is 5.65. The molecule has 0 aliphatic heterocycles. The van der Waals surface area contributed by atoms with Crippen molar-refractivity contribution >= 4 is 17.4 Å². The van der Waals surface area contributed by atoms with Gasteiger partial charge in [-0.05, 0) is 17.7 Å². The van der Waals surface area contributed by atoms with Crippen molar-refractivity contribution in [3.05, 3.63) is 78.5 Å². The van der Waals surface area contributed by atoms with Gasteiger partial charge in [-0.2, -0.15) is 0 Å². The van der Waals surface area contributed by atoms with E-state index in [0.29, 0.717) is 22.7 Å². The minimum Gasteiger partial charge on any atom is -0.392 e. The normalized spacial score (nSPS) is 10.8. The SMILES string of the molecule is O=C(Nc1cnc2cnc(-c3ccccc3CO)cn12)c1ccncc1. The van der Waals surface area contributed by atoms with Gasteiger partial charge >= 0.3 is 0 Å². The van der Waals surface area contributed by atoms with Gasteiger partial charge in [0.25, 0.3) is 5.91 Å². The van der Waals surface area contributed by atoms with Crippen LogP contribution in [0.25, 0.3) is 16.9 Å². The Bertz CT molecular complexity index is 1080. The van der Waals surface area contributed by atoms with E-state index in [0.717, 1.165) is 11.1 Å². The summed E-state index contributed by atoms with van der Waals surface area (Å²) in [6, 6.07) is 10.8. The molecule has 7 heteroatoms. The van der Waals surface area contributed by atoms with E-state index in [4.69, 9.17) is 0 Å². The summed E-state index contributed by atoms with van der Waals surface area (Å²) in [7, 11) is 0. The quantitative estimate of drug-likeness (QED) is 0.593. The first kappa shape index (κ1) is 15.9. The minimum absolute atomic E-state index is 0.0779. The third-order valence-electron chi connectivity index (χ3n) is 4.04. The van der Waals surface area contributed by atoms with Crippen LogP contribution in [0.4, 0.5) is 5.82 Å². The molecule has 2 N–H and O–H groups in total. The van der Waals surface area contributed by atoms with Crippen LogP contribution >= 0.6 is 0 Å². The molecule has 0 radical (unpaired) electrons. The third kappa shape index (κ3) is 2.91. The summed E-state index contributed by atoms with van der Waals surface area (Å²) in [6.07, 6.45) is 8.14. The van der Waals surface area contributed by atoms with Gasteiger partial charge in [-0.1, -0.05) is 24.3 Å². The topological polar surface area (TPSA) is 92.4 Å². The number of hydrogen-bond acceptors (Lipinski definition) is 5. The molecule has 0 saturated heterocycles. The number of pyridine rings is 1. The molecule has 0 atom stereocenters. The molecule has 1 amide bonds. The van der Waals surface area contributed by atoms with E-state index in [1.54, 1.807) is 47.5 Å². The summed E-state index contributed by atoms with van der Waals surface area (Å²) in [5, 5.41) is 12.4. The molecule has 0 saturated carbocycles. The fourth-order valence-corrected chi connectivity index (χ4v) is 2.72. The van der Waals surface area contributed by atoms with Gasteiger partial charge in [-0.3, -0.25) is 19.2 Å². The van der Waals surface area contributed by atoms with E-state index >= 15 is 0 Å². The molecule has 26 heavy (non-hydrogen) atoms. The van der Waals surface area contributed by atoms with Gasteiger partial charge in [0.1, 0.15) is 5.82 Å². The number of rotatable bonds is 4. The number of nitrogens with one attached hydrogen (secondary N) is 1. The molecule has 0 unspecified atom stereocenters. The first-order valence-corrected chi connectivity index (χ1v) is 8.00. The van der Waals surface area contributed by atoms with E-state index in [9.17, 15) is 9.90 Å². The van der Waals surface area contributed by atoms with Crippen LogP contribution in [0.5, 0.6) is 0 Å². The average molecular weight is 345 g/mol. The largest absolute Gasteiger partial charge is 0.392 e. The number of benzene rings is 1. The molecule has 7 nitrogen and oxygen atoms in total. The van der Waals surface area contributed by atoms with Crippen molar-refractivity contribution in [2.24, 2.45) is 0 Å². The van der Waals surface area contributed by atoms with Crippen LogP contribution in [0.3, 0.4) is 0 Å². The monoisotopic (exact) mass is 345 g/mol. The number of hydrogen-bond donors (Lipinski definition) is 2. The van der Waals surface area contributed by atoms with Gasteiger partial charge < -0.3 is 10.4 Å². The zero-order valence-electron chi connectivity index (χ0n) is 13.7. The van der Waals surface area contributed by atoms with Crippen molar-refractivity contribution in [1.29, 1.82) is 0 Å². The molecule has 4 rings (SSSR count). The standard InChI is InChI=1S/C19H15N5O2/c25-12-14-3-1-2-4-15(14)16-11-24-17(9-21-16)22-10-18(24)23-19(26)13-5-7-20-8-6-13/h1-11,25H,12H2,(H,23,26). The molecule has 4 aromatic rings. The maximum absolute atomic E-state index is 12.4. The lowest BCUT2D eigenvalue weighted by atomic mass is 10.1. The lowest BCUT2D eigenvalue weighted by Crippen LogP contribution is -2.13. The average Bonchev–Trinajstić information content (AvgIpc) is 3.10. The molecule has 3 aromatic heterocycles. The van der Waals surface area contributed by atoms with Crippen LogP contribution in [0.2, 0.25) is 0 Å². The maximum Gasteiger partial charge on any atom is 0.256 e. The molecule has 0 spiro atoms. The highest BCUT2D eigenvalue weighted by molar-refractivity contribution is 6.03. The Morgan fingerprint density at radius 1 is 1.08 bits per heavy atom. The number of nitrogens with zero attached hydrogens (tertiary/aromatic N) is 4. The second kappa shape index (κ2) is 6.73. The Balaban J connectivity index is 1.72. The number of imidazole rings is 1. The van der Waals surface area contributed by atoms with E-state index in [1.807, 2.05) is 24.3 Å². The molecule has 128 valence electrons. The number of aliphatic hydroxyl groups is 1. The Hall–Kier alpha value is -3.58. The first-order valence-electron chi connectivity index (χ1n) is 8.00. The lowest BCUT2D eigenvalue weighted by molar-refractivity contribution is 0.102. The highest BCUT2D eigenvalue weighted by Gasteiger charge is 2.12. The summed E-state index contributed by atoms with van der Waals surface area (Å²) in [4.78, 5) is 25.0. The Morgan fingerprint density at radius 3 is 2.69 bits per heavy atom. The Labute approximate surface area is 149 Å². The van der Waals surface area contributed by atoms with Gasteiger partial charge in [0.2, 0.25) is 0 Å². The molecule has 0 bridgehead atoms. The summed E-state index contributed by atoms with van der Waals surface area (Å²) >= 11 is 0. The molecule has 0 fully saturated rings. The zero-order valence-corrected chi connectivity index (χ0v) is 13.7. The van der Waals surface area contributed by atoms with Crippen LogP contribution in [0.15, 0.2) is 67.4 Å². The molecule has 0 aliphatic rings. The highest BCUT2D eigenvalue weighted by atomic mass is 16.3. The fourth-order valence-electron chi connectivity index (χ4n) is 2.72. The number of aromatic nitrogens is 4. The van der Waals surface area contributed by atoms with Crippen molar-refractivity contribution < 1.29 is 9.90 Å². The van der Waals surface area contributed by atoms with Gasteiger partial charge in [0.05, 0.1) is 24.7 Å². The van der Waals surface area contributed by atoms with Gasteiger partial charge in [0.15, 0.2) is 5.65 Å². The molecular weight excluding hydrogens is 330 g/mol. The van der Waals surface area contributed by atoms with Crippen LogP contribution in [0, 0.1) is 0 Å².